The van der Waals surface area contributed by atoms with Crippen LogP contribution in [0.5, 0.6) is 0 Å². The van der Waals surface area contributed by atoms with Gasteiger partial charge in [0.25, 0.3) is 0 Å². The summed E-state index contributed by atoms with van der Waals surface area (Å²) >= 11 is 0. The van der Waals surface area contributed by atoms with Crippen molar-refractivity contribution in [1.82, 2.24) is 4.90 Å². The fraction of sp³-hybridized carbons (Fsp3) is 0.875. The van der Waals surface area contributed by atoms with E-state index in [4.69, 9.17) is 4.74 Å². The van der Waals surface area contributed by atoms with Gasteiger partial charge in [-0.3, -0.25) is 0 Å². The van der Waals surface area contributed by atoms with Gasteiger partial charge in [0.05, 0.1) is 27.7 Å². The fourth-order valence-corrected chi connectivity index (χ4v) is 1.36. The van der Waals surface area contributed by atoms with Crippen LogP contribution >= 0.6 is 0 Å². The molecule has 0 aliphatic carbocycles. The van der Waals surface area contributed by atoms with Crippen LogP contribution in [0.1, 0.15) is 0 Å². The summed E-state index contributed by atoms with van der Waals surface area (Å²) in [6.07, 6.45) is -0.143. The van der Waals surface area contributed by atoms with Crippen LogP contribution in [0.25, 0.3) is 0 Å². The normalized spacial score (nSPS) is 22.6. The summed E-state index contributed by atoms with van der Waals surface area (Å²) in [6.45, 7) is 1.59. The molecule has 5 heteroatoms. The van der Waals surface area contributed by atoms with Gasteiger partial charge in [-0.05, 0) is 0 Å². The zero-order valence-corrected chi connectivity index (χ0v) is 10.7. The van der Waals surface area contributed by atoms with Gasteiger partial charge < -0.3 is 38.1 Å². The second-order valence-electron chi connectivity index (χ2n) is 4.36. The van der Waals surface area contributed by atoms with E-state index in [2.05, 4.69) is 21.1 Å². The Kier molecular flexibility index (Phi) is 4.44. The van der Waals surface area contributed by atoms with Gasteiger partial charge in [0.15, 0.2) is 6.10 Å². The molecule has 13 heavy (non-hydrogen) atoms. The second-order valence-corrected chi connectivity index (χ2v) is 4.36. The van der Waals surface area contributed by atoms with Crippen LogP contribution < -0.4 is 24.0 Å². The maximum absolute atomic E-state index is 11.0. The van der Waals surface area contributed by atoms with Crippen LogP contribution in [0, 0.1) is 0 Å². The molecule has 0 unspecified atom stereocenters. The molecule has 0 N–H and O–H groups in total. The first kappa shape index (κ1) is 13.0. The van der Waals surface area contributed by atoms with E-state index < -0.39 is 0 Å². The molecule has 1 fully saturated rings. The molecule has 4 nitrogen and oxygen atoms in total. The van der Waals surface area contributed by atoms with Crippen LogP contribution in [-0.4, -0.2) is 62.9 Å². The molecule has 0 aromatic rings. The highest BCUT2D eigenvalue weighted by molar-refractivity contribution is 5.69. The van der Waals surface area contributed by atoms with Gasteiger partial charge in [0, 0.05) is 7.05 Å². The Balaban J connectivity index is 0.00000144. The average Bonchev–Trinajstić information content (AvgIpc) is 2.07. The second kappa shape index (κ2) is 4.45. The van der Waals surface area contributed by atoms with Crippen molar-refractivity contribution in [3.63, 3.8) is 0 Å². The van der Waals surface area contributed by atoms with E-state index in [0.29, 0.717) is 6.54 Å². The van der Waals surface area contributed by atoms with Crippen LogP contribution in [0.15, 0.2) is 0 Å². The summed E-state index contributed by atoms with van der Waals surface area (Å²) < 4.78 is 5.95. The molecular formula is C8H17IN2O2. The summed E-state index contributed by atoms with van der Waals surface area (Å²) in [6, 6.07) is 0. The highest BCUT2D eigenvalue weighted by Gasteiger charge is 2.31. The molecule has 0 aromatic carbocycles. The number of carbonyl (C=O) groups is 1. The third kappa shape index (κ3) is 4.12. The number of halogens is 1. The van der Waals surface area contributed by atoms with Gasteiger partial charge in [-0.2, -0.15) is 0 Å². The Morgan fingerprint density at radius 2 is 2.08 bits per heavy atom. The molecule has 1 saturated heterocycles. The molecule has 1 amide bonds. The number of nitrogens with zero attached hydrogens (tertiary/aromatic N) is 2. The lowest BCUT2D eigenvalue weighted by Gasteiger charge is -2.25. The predicted molar refractivity (Wildman–Crippen MR) is 45.8 cm³/mol. The molecule has 0 aromatic heterocycles. The topological polar surface area (TPSA) is 29.5 Å². The molecular weight excluding hydrogens is 283 g/mol. The Morgan fingerprint density at radius 3 is 2.38 bits per heavy atom. The SMILES string of the molecule is CN1C[C@@H](C[N+](C)(C)C)OC1=O.[I-]. The van der Waals surface area contributed by atoms with Crippen molar-refractivity contribution in [2.24, 2.45) is 0 Å². The molecule has 1 aliphatic rings. The van der Waals surface area contributed by atoms with Crippen molar-refractivity contribution in [3.05, 3.63) is 0 Å². The van der Waals surface area contributed by atoms with Crippen molar-refractivity contribution < 1.29 is 38.0 Å². The lowest BCUT2D eigenvalue weighted by atomic mass is 10.3. The van der Waals surface area contributed by atoms with Crippen LogP contribution in [0.3, 0.4) is 0 Å². The lowest BCUT2D eigenvalue weighted by molar-refractivity contribution is -0.873. The Morgan fingerprint density at radius 1 is 1.54 bits per heavy atom. The smallest absolute Gasteiger partial charge is 0.410 e. The van der Waals surface area contributed by atoms with Crippen molar-refractivity contribution in [2.75, 3.05) is 41.3 Å². The van der Waals surface area contributed by atoms with Crippen molar-refractivity contribution in [1.29, 1.82) is 0 Å². The number of rotatable bonds is 2. The van der Waals surface area contributed by atoms with Crippen LogP contribution in [0.2, 0.25) is 0 Å². The summed E-state index contributed by atoms with van der Waals surface area (Å²) in [4.78, 5) is 12.6. The molecule has 0 bridgehead atoms. The lowest BCUT2D eigenvalue weighted by Crippen LogP contribution is -3.00. The standard InChI is InChI=1S/C8H17N2O2.HI/c1-9-5-7(12-8(9)11)6-10(2,3)4;/h7H,5-6H2,1-4H3;1H/q+1;/p-1/t7-;/m0./s1. The quantitative estimate of drug-likeness (QED) is 0.406. The maximum atomic E-state index is 11.0. The summed E-state index contributed by atoms with van der Waals surface area (Å²) in [5.41, 5.74) is 0. The van der Waals surface area contributed by atoms with Gasteiger partial charge in [-0.1, -0.05) is 0 Å². The number of cyclic esters (lactones) is 1. The fourth-order valence-electron chi connectivity index (χ4n) is 1.36. The largest absolute Gasteiger partial charge is 1.00 e. The first-order chi connectivity index (χ1) is 5.38. The van der Waals surface area contributed by atoms with Crippen LogP contribution in [0.4, 0.5) is 4.79 Å². The molecule has 0 saturated carbocycles. The van der Waals surface area contributed by atoms with Crippen molar-refractivity contribution in [2.45, 2.75) is 6.10 Å². The van der Waals surface area contributed by atoms with Crippen LogP contribution in [-0.2, 0) is 4.74 Å². The van der Waals surface area contributed by atoms with Crippen molar-refractivity contribution in [3.8, 4) is 0 Å². The van der Waals surface area contributed by atoms with Gasteiger partial charge in [-0.25, -0.2) is 4.79 Å². The van der Waals surface area contributed by atoms with E-state index >= 15 is 0 Å². The predicted octanol–water partition coefficient (Wildman–Crippen LogP) is -2.85. The van der Waals surface area contributed by atoms with E-state index in [1.807, 2.05) is 0 Å². The third-order valence-electron chi connectivity index (χ3n) is 1.81. The first-order valence-corrected chi connectivity index (χ1v) is 4.11. The summed E-state index contributed by atoms with van der Waals surface area (Å²) in [5.74, 6) is 0. The minimum absolute atomic E-state index is 0. The Hall–Kier alpha value is -0.0400. The van der Waals surface area contributed by atoms with Gasteiger partial charge in [0.1, 0.15) is 6.54 Å². The van der Waals surface area contributed by atoms with Gasteiger partial charge in [0.2, 0.25) is 0 Å². The minimum Gasteiger partial charge on any atom is -1.00 e. The molecule has 0 spiro atoms. The zero-order valence-electron chi connectivity index (χ0n) is 8.58. The molecule has 1 atom stereocenters. The van der Waals surface area contributed by atoms with Crippen molar-refractivity contribution >= 4 is 6.09 Å². The number of carbonyl (C=O) groups excluding carboxylic acids is 1. The average molecular weight is 300 g/mol. The molecule has 1 rings (SSSR count). The molecule has 1 aliphatic heterocycles. The van der Waals surface area contributed by atoms with E-state index in [9.17, 15) is 4.79 Å². The Bertz CT molecular complexity index is 191. The number of ether oxygens (including phenoxy) is 1. The first-order valence-electron chi connectivity index (χ1n) is 4.11. The van der Waals surface area contributed by atoms with E-state index in [1.165, 1.54) is 0 Å². The van der Waals surface area contributed by atoms with Gasteiger partial charge in [-0.15, -0.1) is 0 Å². The number of hydrogen-bond acceptors (Lipinski definition) is 2. The summed E-state index contributed by atoms with van der Waals surface area (Å²) in [7, 11) is 8.03. The number of quaternary nitrogens is 1. The number of likely N-dealkylation sites (N-methyl/N-ethyl adjacent to an activating group) is 2. The molecule has 1 heterocycles. The van der Waals surface area contributed by atoms with E-state index in [0.717, 1.165) is 11.0 Å². The Labute approximate surface area is 96.4 Å². The zero-order chi connectivity index (χ0) is 9.35. The highest BCUT2D eigenvalue weighted by atomic mass is 127. The molecule has 78 valence electrons. The minimum atomic E-state index is -0.201. The summed E-state index contributed by atoms with van der Waals surface area (Å²) in [5, 5.41) is 0. The van der Waals surface area contributed by atoms with Gasteiger partial charge >= 0.3 is 6.09 Å². The van der Waals surface area contributed by atoms with E-state index in [1.54, 1.807) is 11.9 Å². The highest BCUT2D eigenvalue weighted by Crippen LogP contribution is 2.10. The van der Waals surface area contributed by atoms with E-state index in [-0.39, 0.29) is 36.2 Å². The monoisotopic (exact) mass is 300 g/mol. The third-order valence-corrected chi connectivity index (χ3v) is 1.81. The maximum Gasteiger partial charge on any atom is 0.410 e. The number of hydrogen-bond donors (Lipinski definition) is 0. The number of amides is 1. The molecule has 0 radical (unpaired) electrons.